The molecule has 1 saturated carbocycles. The SMILES string of the molecule is CCCCC1CCC(C(N)c2cnc3ccccn23)CC1. The first-order chi connectivity index (χ1) is 10.3. The maximum atomic E-state index is 6.57. The van der Waals surface area contributed by atoms with E-state index in [0.717, 1.165) is 11.6 Å². The summed E-state index contributed by atoms with van der Waals surface area (Å²) in [5.74, 6) is 1.55. The first-order valence-electron chi connectivity index (χ1n) is 8.47. The molecule has 1 fully saturated rings. The minimum atomic E-state index is 0.120. The largest absolute Gasteiger partial charge is 0.322 e. The van der Waals surface area contributed by atoms with Gasteiger partial charge in [0.2, 0.25) is 0 Å². The van der Waals surface area contributed by atoms with Crippen LogP contribution in [0.15, 0.2) is 30.6 Å². The molecule has 1 aliphatic rings. The van der Waals surface area contributed by atoms with Gasteiger partial charge in [-0.25, -0.2) is 4.98 Å². The number of rotatable bonds is 5. The third-order valence-corrected chi connectivity index (χ3v) is 5.15. The summed E-state index contributed by atoms with van der Waals surface area (Å²) < 4.78 is 2.15. The fraction of sp³-hybridized carbons (Fsp3) is 0.611. The monoisotopic (exact) mass is 285 g/mol. The summed E-state index contributed by atoms with van der Waals surface area (Å²) in [6.45, 7) is 2.28. The van der Waals surface area contributed by atoms with Gasteiger partial charge < -0.3 is 10.1 Å². The maximum absolute atomic E-state index is 6.57. The fourth-order valence-electron chi connectivity index (χ4n) is 3.77. The molecular weight excluding hydrogens is 258 g/mol. The van der Waals surface area contributed by atoms with Crippen molar-refractivity contribution in [3.05, 3.63) is 36.3 Å². The molecule has 3 nitrogen and oxygen atoms in total. The third kappa shape index (κ3) is 3.13. The van der Waals surface area contributed by atoms with E-state index in [0.29, 0.717) is 5.92 Å². The van der Waals surface area contributed by atoms with Gasteiger partial charge in [0.05, 0.1) is 11.9 Å². The minimum absolute atomic E-state index is 0.120. The number of fused-ring (bicyclic) bond motifs is 1. The summed E-state index contributed by atoms with van der Waals surface area (Å²) in [7, 11) is 0. The van der Waals surface area contributed by atoms with Crippen LogP contribution >= 0.6 is 0 Å². The molecule has 0 bridgehead atoms. The Labute approximate surface area is 127 Å². The van der Waals surface area contributed by atoms with Crippen LogP contribution in [0.1, 0.15) is 63.6 Å². The van der Waals surface area contributed by atoms with Gasteiger partial charge in [0.15, 0.2) is 0 Å². The molecule has 0 amide bonds. The maximum Gasteiger partial charge on any atom is 0.136 e. The molecule has 0 radical (unpaired) electrons. The first kappa shape index (κ1) is 14.6. The molecule has 0 saturated heterocycles. The lowest BCUT2D eigenvalue weighted by Crippen LogP contribution is -2.27. The van der Waals surface area contributed by atoms with Crippen LogP contribution in [0.25, 0.3) is 5.65 Å². The second-order valence-electron chi connectivity index (χ2n) is 6.56. The number of imidazole rings is 1. The Bertz CT molecular complexity index is 567. The van der Waals surface area contributed by atoms with Crippen LogP contribution in [-0.4, -0.2) is 9.38 Å². The van der Waals surface area contributed by atoms with Gasteiger partial charge in [-0.15, -0.1) is 0 Å². The van der Waals surface area contributed by atoms with Gasteiger partial charge in [0.25, 0.3) is 0 Å². The Balaban J connectivity index is 1.65. The predicted octanol–water partition coefficient (Wildman–Crippen LogP) is 4.33. The molecule has 21 heavy (non-hydrogen) atoms. The van der Waals surface area contributed by atoms with E-state index in [9.17, 15) is 0 Å². The normalized spacial score (nSPS) is 24.3. The van der Waals surface area contributed by atoms with Crippen molar-refractivity contribution in [1.29, 1.82) is 0 Å². The standard InChI is InChI=1S/C18H27N3/c1-2-3-6-14-8-10-15(11-9-14)18(19)16-13-20-17-7-4-5-12-21(16)17/h4-5,7,12-15,18H,2-3,6,8-11,19H2,1H3. The van der Waals surface area contributed by atoms with E-state index < -0.39 is 0 Å². The molecule has 0 spiro atoms. The number of pyridine rings is 1. The van der Waals surface area contributed by atoms with Gasteiger partial charge >= 0.3 is 0 Å². The molecule has 2 aromatic rings. The molecule has 3 heteroatoms. The zero-order valence-electron chi connectivity index (χ0n) is 13.0. The summed E-state index contributed by atoms with van der Waals surface area (Å²) >= 11 is 0. The Morgan fingerprint density at radius 2 is 2.10 bits per heavy atom. The van der Waals surface area contributed by atoms with Gasteiger partial charge in [-0.1, -0.05) is 45.1 Å². The van der Waals surface area contributed by atoms with Crippen molar-refractivity contribution in [2.75, 3.05) is 0 Å². The van der Waals surface area contributed by atoms with E-state index in [4.69, 9.17) is 5.73 Å². The minimum Gasteiger partial charge on any atom is -0.322 e. The highest BCUT2D eigenvalue weighted by Crippen LogP contribution is 2.37. The highest BCUT2D eigenvalue weighted by atomic mass is 15.0. The van der Waals surface area contributed by atoms with Gasteiger partial charge in [-0.05, 0) is 36.8 Å². The summed E-state index contributed by atoms with van der Waals surface area (Å²) in [6, 6.07) is 6.23. The smallest absolute Gasteiger partial charge is 0.136 e. The predicted molar refractivity (Wildman–Crippen MR) is 87.1 cm³/mol. The Morgan fingerprint density at radius 1 is 1.29 bits per heavy atom. The average molecular weight is 285 g/mol. The van der Waals surface area contributed by atoms with Gasteiger partial charge in [-0.3, -0.25) is 0 Å². The van der Waals surface area contributed by atoms with E-state index in [2.05, 4.69) is 22.5 Å². The number of aromatic nitrogens is 2. The molecule has 2 heterocycles. The van der Waals surface area contributed by atoms with E-state index >= 15 is 0 Å². The molecule has 1 atom stereocenters. The zero-order chi connectivity index (χ0) is 14.7. The van der Waals surface area contributed by atoms with Crippen LogP contribution in [0.3, 0.4) is 0 Å². The Hall–Kier alpha value is -1.35. The molecule has 0 aliphatic heterocycles. The average Bonchev–Trinajstić information content (AvgIpc) is 2.97. The lowest BCUT2D eigenvalue weighted by Gasteiger charge is -2.32. The molecular formula is C18H27N3. The number of nitrogens with two attached hydrogens (primary N) is 1. The second kappa shape index (κ2) is 6.61. The topological polar surface area (TPSA) is 43.3 Å². The molecule has 1 aliphatic carbocycles. The van der Waals surface area contributed by atoms with Crippen molar-refractivity contribution in [2.24, 2.45) is 17.6 Å². The van der Waals surface area contributed by atoms with Crippen LogP contribution in [0.4, 0.5) is 0 Å². The highest BCUT2D eigenvalue weighted by Gasteiger charge is 2.27. The number of unbranched alkanes of at least 4 members (excludes halogenated alkanes) is 1. The van der Waals surface area contributed by atoms with Crippen LogP contribution in [0.5, 0.6) is 0 Å². The van der Waals surface area contributed by atoms with Gasteiger partial charge in [0, 0.05) is 12.2 Å². The summed E-state index contributed by atoms with van der Waals surface area (Å²) in [5.41, 5.74) is 8.73. The molecule has 2 N–H and O–H groups in total. The lowest BCUT2D eigenvalue weighted by atomic mass is 9.76. The van der Waals surface area contributed by atoms with E-state index in [1.54, 1.807) is 0 Å². The van der Waals surface area contributed by atoms with Crippen LogP contribution in [-0.2, 0) is 0 Å². The Morgan fingerprint density at radius 3 is 2.86 bits per heavy atom. The summed E-state index contributed by atoms with van der Waals surface area (Å²) in [5, 5.41) is 0. The van der Waals surface area contributed by atoms with Crippen molar-refractivity contribution < 1.29 is 0 Å². The van der Waals surface area contributed by atoms with Crippen LogP contribution in [0, 0.1) is 11.8 Å². The lowest BCUT2D eigenvalue weighted by molar-refractivity contribution is 0.230. The number of hydrogen-bond acceptors (Lipinski definition) is 2. The van der Waals surface area contributed by atoms with Crippen molar-refractivity contribution in [2.45, 2.75) is 57.9 Å². The van der Waals surface area contributed by atoms with Crippen LogP contribution in [0.2, 0.25) is 0 Å². The second-order valence-corrected chi connectivity index (χ2v) is 6.56. The van der Waals surface area contributed by atoms with E-state index in [1.807, 2.05) is 24.4 Å². The van der Waals surface area contributed by atoms with Crippen molar-refractivity contribution in [1.82, 2.24) is 9.38 Å². The molecule has 2 aromatic heterocycles. The summed E-state index contributed by atoms with van der Waals surface area (Å²) in [6.07, 6.45) is 13.4. The fourth-order valence-corrected chi connectivity index (χ4v) is 3.77. The Kier molecular flexibility index (Phi) is 4.59. The quantitative estimate of drug-likeness (QED) is 0.888. The van der Waals surface area contributed by atoms with Crippen molar-refractivity contribution >= 4 is 5.65 Å². The zero-order valence-corrected chi connectivity index (χ0v) is 13.0. The number of hydrogen-bond donors (Lipinski definition) is 1. The highest BCUT2D eigenvalue weighted by molar-refractivity contribution is 5.40. The number of nitrogens with zero attached hydrogens (tertiary/aromatic N) is 2. The van der Waals surface area contributed by atoms with Crippen molar-refractivity contribution in [3.63, 3.8) is 0 Å². The first-order valence-corrected chi connectivity index (χ1v) is 8.47. The van der Waals surface area contributed by atoms with Crippen molar-refractivity contribution in [3.8, 4) is 0 Å². The van der Waals surface area contributed by atoms with Gasteiger partial charge in [0.1, 0.15) is 5.65 Å². The molecule has 3 rings (SSSR count). The van der Waals surface area contributed by atoms with Crippen LogP contribution < -0.4 is 5.73 Å². The molecule has 1 unspecified atom stereocenters. The molecule has 114 valence electrons. The third-order valence-electron chi connectivity index (χ3n) is 5.15. The van der Waals surface area contributed by atoms with Gasteiger partial charge in [-0.2, -0.15) is 0 Å². The van der Waals surface area contributed by atoms with E-state index in [-0.39, 0.29) is 6.04 Å². The summed E-state index contributed by atoms with van der Waals surface area (Å²) in [4.78, 5) is 4.47. The molecule has 0 aromatic carbocycles. The van der Waals surface area contributed by atoms with E-state index in [1.165, 1.54) is 50.6 Å².